The maximum Gasteiger partial charge on any atom is 0.165 e. The molecule has 0 aliphatic carbocycles. The van der Waals surface area contributed by atoms with Gasteiger partial charge in [0.2, 0.25) is 0 Å². The second kappa shape index (κ2) is 6.81. The maximum atomic E-state index is 13.7. The lowest BCUT2D eigenvalue weighted by atomic mass is 10.1. The number of hydrogen-bond acceptors (Lipinski definition) is 5. The summed E-state index contributed by atoms with van der Waals surface area (Å²) in [4.78, 5) is 0. The first kappa shape index (κ1) is 14.2. The van der Waals surface area contributed by atoms with Gasteiger partial charge in [0, 0.05) is 19.6 Å². The van der Waals surface area contributed by atoms with Crippen LogP contribution in [0.5, 0.6) is 5.75 Å². The van der Waals surface area contributed by atoms with Crippen LogP contribution in [0.2, 0.25) is 0 Å². The number of ether oxygens (including phenoxy) is 2. The van der Waals surface area contributed by atoms with Crippen molar-refractivity contribution in [1.82, 2.24) is 10.4 Å². The van der Waals surface area contributed by atoms with Crippen molar-refractivity contribution in [1.29, 1.82) is 0 Å². The van der Waals surface area contributed by atoms with E-state index in [1.165, 1.54) is 13.2 Å². The second-order valence-electron chi connectivity index (χ2n) is 4.41. The Morgan fingerprint density at radius 3 is 2.79 bits per heavy atom. The standard InChI is InChI=1S/C13H20FN3O2/c1-18-13-3-2-10(8-11(13)14)12(9-15)16-17-4-6-19-7-5-17/h2-3,8,12,16H,4-7,9,15H2,1H3. The average Bonchev–Trinajstić information content (AvgIpc) is 2.46. The minimum atomic E-state index is -0.373. The van der Waals surface area contributed by atoms with Crippen LogP contribution < -0.4 is 15.9 Å². The smallest absolute Gasteiger partial charge is 0.165 e. The fourth-order valence-corrected chi connectivity index (χ4v) is 2.08. The fraction of sp³-hybridized carbons (Fsp3) is 0.538. The van der Waals surface area contributed by atoms with Crippen molar-refractivity contribution in [3.63, 3.8) is 0 Å². The number of hydrazine groups is 1. The number of hydrogen-bond donors (Lipinski definition) is 2. The molecule has 19 heavy (non-hydrogen) atoms. The Morgan fingerprint density at radius 2 is 2.21 bits per heavy atom. The summed E-state index contributed by atoms with van der Waals surface area (Å²) in [7, 11) is 1.45. The molecule has 2 rings (SSSR count). The Morgan fingerprint density at radius 1 is 1.47 bits per heavy atom. The van der Waals surface area contributed by atoms with E-state index in [4.69, 9.17) is 15.2 Å². The molecule has 106 valence electrons. The van der Waals surface area contributed by atoms with Crippen molar-refractivity contribution >= 4 is 0 Å². The number of methoxy groups -OCH3 is 1. The number of nitrogens with one attached hydrogen (secondary N) is 1. The SMILES string of the molecule is COc1ccc(C(CN)NN2CCOCC2)cc1F. The van der Waals surface area contributed by atoms with Crippen LogP contribution >= 0.6 is 0 Å². The molecular weight excluding hydrogens is 249 g/mol. The van der Waals surface area contributed by atoms with E-state index < -0.39 is 0 Å². The molecule has 6 heteroatoms. The van der Waals surface area contributed by atoms with Crippen LogP contribution in [0.25, 0.3) is 0 Å². The van der Waals surface area contributed by atoms with E-state index in [-0.39, 0.29) is 17.6 Å². The first-order valence-electron chi connectivity index (χ1n) is 6.37. The number of benzene rings is 1. The van der Waals surface area contributed by atoms with Gasteiger partial charge < -0.3 is 15.2 Å². The molecule has 1 aromatic carbocycles. The predicted molar refractivity (Wildman–Crippen MR) is 70.3 cm³/mol. The topological polar surface area (TPSA) is 59.8 Å². The van der Waals surface area contributed by atoms with E-state index in [1.54, 1.807) is 6.07 Å². The van der Waals surface area contributed by atoms with Gasteiger partial charge in [0.1, 0.15) is 0 Å². The lowest BCUT2D eigenvalue weighted by Gasteiger charge is -2.31. The molecule has 1 aliphatic heterocycles. The van der Waals surface area contributed by atoms with E-state index in [0.717, 1.165) is 18.7 Å². The minimum Gasteiger partial charge on any atom is -0.494 e. The zero-order valence-corrected chi connectivity index (χ0v) is 11.1. The van der Waals surface area contributed by atoms with Crippen LogP contribution in [0.15, 0.2) is 18.2 Å². The summed E-state index contributed by atoms with van der Waals surface area (Å²) in [5.74, 6) is -0.131. The van der Waals surface area contributed by atoms with Crippen molar-refractivity contribution in [2.75, 3.05) is 40.0 Å². The van der Waals surface area contributed by atoms with Gasteiger partial charge in [0.15, 0.2) is 11.6 Å². The predicted octanol–water partition coefficient (Wildman–Crippen LogP) is 0.671. The third kappa shape index (κ3) is 3.63. The molecular formula is C13H20FN3O2. The van der Waals surface area contributed by atoms with E-state index >= 15 is 0 Å². The van der Waals surface area contributed by atoms with Crippen LogP contribution in [0.1, 0.15) is 11.6 Å². The Labute approximate surface area is 112 Å². The third-order valence-electron chi connectivity index (χ3n) is 3.16. The van der Waals surface area contributed by atoms with Gasteiger partial charge in [0.25, 0.3) is 0 Å². The lowest BCUT2D eigenvalue weighted by Crippen LogP contribution is -2.48. The summed E-state index contributed by atoms with van der Waals surface area (Å²) in [5.41, 5.74) is 9.89. The molecule has 0 saturated carbocycles. The highest BCUT2D eigenvalue weighted by molar-refractivity contribution is 5.31. The quantitative estimate of drug-likeness (QED) is 0.823. The van der Waals surface area contributed by atoms with Gasteiger partial charge in [-0.1, -0.05) is 6.07 Å². The lowest BCUT2D eigenvalue weighted by molar-refractivity contribution is 0.00402. The Bertz CT molecular complexity index is 411. The first-order chi connectivity index (χ1) is 9.24. The molecule has 1 saturated heterocycles. The minimum absolute atomic E-state index is 0.112. The molecule has 0 spiro atoms. The molecule has 1 fully saturated rings. The highest BCUT2D eigenvalue weighted by Crippen LogP contribution is 2.21. The van der Waals surface area contributed by atoms with Gasteiger partial charge in [-0.3, -0.25) is 0 Å². The largest absolute Gasteiger partial charge is 0.494 e. The highest BCUT2D eigenvalue weighted by atomic mass is 19.1. The van der Waals surface area contributed by atoms with Gasteiger partial charge in [0.05, 0.1) is 26.4 Å². The number of halogens is 1. The van der Waals surface area contributed by atoms with Crippen LogP contribution in [0, 0.1) is 5.82 Å². The maximum absolute atomic E-state index is 13.7. The number of nitrogens with two attached hydrogens (primary N) is 1. The highest BCUT2D eigenvalue weighted by Gasteiger charge is 2.17. The van der Waals surface area contributed by atoms with Gasteiger partial charge >= 0.3 is 0 Å². The first-order valence-corrected chi connectivity index (χ1v) is 6.37. The van der Waals surface area contributed by atoms with E-state index in [1.807, 2.05) is 6.07 Å². The van der Waals surface area contributed by atoms with Gasteiger partial charge in [-0.25, -0.2) is 14.8 Å². The third-order valence-corrected chi connectivity index (χ3v) is 3.16. The van der Waals surface area contributed by atoms with Crippen molar-refractivity contribution in [3.8, 4) is 5.75 Å². The molecule has 1 aliphatic rings. The van der Waals surface area contributed by atoms with Gasteiger partial charge in [-0.15, -0.1) is 0 Å². The monoisotopic (exact) mass is 269 g/mol. The zero-order valence-electron chi connectivity index (χ0n) is 11.1. The van der Waals surface area contributed by atoms with Crippen LogP contribution in [0.3, 0.4) is 0 Å². The Balaban J connectivity index is 2.05. The van der Waals surface area contributed by atoms with E-state index in [0.29, 0.717) is 19.8 Å². The molecule has 0 radical (unpaired) electrons. The van der Waals surface area contributed by atoms with Gasteiger partial charge in [-0.2, -0.15) is 0 Å². The summed E-state index contributed by atoms with van der Waals surface area (Å²) in [6, 6.07) is 4.80. The molecule has 1 aromatic rings. The van der Waals surface area contributed by atoms with Gasteiger partial charge in [-0.05, 0) is 17.7 Å². The van der Waals surface area contributed by atoms with E-state index in [9.17, 15) is 4.39 Å². The van der Waals surface area contributed by atoms with Crippen molar-refractivity contribution in [2.45, 2.75) is 6.04 Å². The number of morpholine rings is 1. The molecule has 5 nitrogen and oxygen atoms in total. The zero-order chi connectivity index (χ0) is 13.7. The van der Waals surface area contributed by atoms with Crippen molar-refractivity contribution in [2.24, 2.45) is 5.73 Å². The molecule has 0 amide bonds. The summed E-state index contributed by atoms with van der Waals surface area (Å²) in [5, 5.41) is 2.06. The molecule has 1 heterocycles. The molecule has 1 atom stereocenters. The summed E-state index contributed by atoms with van der Waals surface area (Å²) in [6.45, 7) is 3.38. The molecule has 3 N–H and O–H groups in total. The van der Waals surface area contributed by atoms with Crippen LogP contribution in [-0.2, 0) is 4.74 Å². The number of nitrogens with zero attached hydrogens (tertiary/aromatic N) is 1. The van der Waals surface area contributed by atoms with Crippen molar-refractivity contribution < 1.29 is 13.9 Å². The molecule has 0 bridgehead atoms. The number of rotatable bonds is 5. The van der Waals surface area contributed by atoms with Crippen LogP contribution in [0.4, 0.5) is 4.39 Å². The van der Waals surface area contributed by atoms with Crippen LogP contribution in [-0.4, -0.2) is 45.0 Å². The summed E-state index contributed by atoms with van der Waals surface area (Å²) in [6.07, 6.45) is 0. The average molecular weight is 269 g/mol. The summed E-state index contributed by atoms with van der Waals surface area (Å²) >= 11 is 0. The Hall–Kier alpha value is -1.21. The second-order valence-corrected chi connectivity index (χ2v) is 4.41. The Kier molecular flexibility index (Phi) is 5.09. The fourth-order valence-electron chi connectivity index (χ4n) is 2.08. The van der Waals surface area contributed by atoms with E-state index in [2.05, 4.69) is 10.4 Å². The van der Waals surface area contributed by atoms with Crippen molar-refractivity contribution in [3.05, 3.63) is 29.6 Å². The molecule has 1 unspecified atom stereocenters. The summed E-state index contributed by atoms with van der Waals surface area (Å²) < 4.78 is 23.9. The normalized spacial score (nSPS) is 18.3. The molecule has 0 aromatic heterocycles.